The van der Waals surface area contributed by atoms with E-state index in [-0.39, 0.29) is 54.3 Å². The summed E-state index contributed by atoms with van der Waals surface area (Å²) in [7, 11) is -9.62. The molecule has 18 nitrogen and oxygen atoms in total. The number of aryl methyl sites for hydroxylation is 2. The Morgan fingerprint density at radius 3 is 2.18 bits per heavy atom. The van der Waals surface area contributed by atoms with E-state index in [1.807, 2.05) is 47.0 Å². The van der Waals surface area contributed by atoms with Crippen LogP contribution in [0.1, 0.15) is 78.0 Å². The zero-order valence-electron chi connectivity index (χ0n) is 34.7. The highest BCUT2D eigenvalue weighted by Gasteiger charge is 2.67. The molecule has 2 saturated heterocycles. The van der Waals surface area contributed by atoms with Crippen LogP contribution in [0.5, 0.6) is 0 Å². The summed E-state index contributed by atoms with van der Waals surface area (Å²) in [5.41, 5.74) is 2.05. The van der Waals surface area contributed by atoms with Crippen LogP contribution in [0.25, 0.3) is 0 Å². The summed E-state index contributed by atoms with van der Waals surface area (Å²) in [6, 6.07) is 0. The predicted octanol–water partition coefficient (Wildman–Crippen LogP) is 1.65. The molecule has 0 aromatic carbocycles. The number of aromatic nitrogens is 4. The van der Waals surface area contributed by atoms with Crippen LogP contribution in [0.15, 0.2) is 42.7 Å². The topological polar surface area (TPSA) is 246 Å². The molecule has 1 unspecified atom stereocenters. The molecule has 3 aliphatic heterocycles. The van der Waals surface area contributed by atoms with Crippen molar-refractivity contribution in [3.63, 3.8) is 0 Å². The maximum absolute atomic E-state index is 14.5. The lowest BCUT2D eigenvalue weighted by atomic mass is 9.89. The Hall–Kier alpha value is -3.00. The van der Waals surface area contributed by atoms with E-state index in [9.17, 15) is 37.8 Å². The number of H-pyrrole nitrogens is 1. The van der Waals surface area contributed by atoms with Crippen molar-refractivity contribution in [3.8, 4) is 0 Å². The number of ether oxygens (including phenoxy) is 2. The Kier molecular flexibility index (Phi) is 12.3. The molecule has 0 aliphatic carbocycles. The maximum atomic E-state index is 14.5. The Labute approximate surface area is 333 Å². The molecule has 320 valence electrons. The Balaban J connectivity index is 1.55. The minimum atomic E-state index is -4.32. The lowest BCUT2D eigenvalue weighted by Crippen LogP contribution is -2.59. The molecule has 0 bridgehead atoms. The van der Waals surface area contributed by atoms with E-state index in [1.165, 1.54) is 23.9 Å². The minimum absolute atomic E-state index is 0.0151. The van der Waals surface area contributed by atoms with Crippen LogP contribution in [-0.2, 0) is 45.6 Å². The largest absolute Gasteiger partial charge is 0.414 e. The van der Waals surface area contributed by atoms with E-state index >= 15 is 0 Å². The van der Waals surface area contributed by atoms with Gasteiger partial charge in [-0.25, -0.2) is 13.8 Å². The summed E-state index contributed by atoms with van der Waals surface area (Å²) >= 11 is 0. The number of aliphatic hydroxyl groups excluding tert-OH is 2. The van der Waals surface area contributed by atoms with Crippen LogP contribution >= 0.6 is 0 Å². The first-order valence-corrected chi connectivity index (χ1v) is 26.4. The van der Waals surface area contributed by atoms with Crippen molar-refractivity contribution in [3.05, 3.63) is 76.3 Å². The molecule has 5 heterocycles. The first-order chi connectivity index (χ1) is 26.1. The first kappa shape index (κ1) is 45.1. The molecule has 0 radical (unpaired) electrons. The van der Waals surface area contributed by atoms with Gasteiger partial charge in [0, 0.05) is 36.5 Å². The molecule has 57 heavy (non-hydrogen) atoms. The Morgan fingerprint density at radius 1 is 1.00 bits per heavy atom. The lowest BCUT2D eigenvalue weighted by Gasteiger charge is -2.43. The van der Waals surface area contributed by atoms with Gasteiger partial charge in [-0.15, -0.1) is 0 Å². The highest BCUT2D eigenvalue weighted by molar-refractivity contribution is 7.90. The second-order valence-electron chi connectivity index (χ2n) is 18.3. The number of hydrogen-bond donors (Lipinski definition) is 4. The van der Waals surface area contributed by atoms with Crippen LogP contribution in [0.3, 0.4) is 0 Å². The van der Waals surface area contributed by atoms with Gasteiger partial charge >= 0.3 is 11.4 Å². The van der Waals surface area contributed by atoms with Crippen molar-refractivity contribution in [2.24, 2.45) is 5.73 Å². The fourth-order valence-electron chi connectivity index (χ4n) is 6.75. The number of aromatic amines is 1. The zero-order valence-corrected chi connectivity index (χ0v) is 37.5. The highest BCUT2D eigenvalue weighted by atomic mass is 32.2. The van der Waals surface area contributed by atoms with Crippen molar-refractivity contribution in [2.75, 3.05) is 13.2 Å². The smallest absolute Gasteiger partial charge is 0.333 e. The number of nitrogens with two attached hydrogens (primary N) is 1. The van der Waals surface area contributed by atoms with Crippen molar-refractivity contribution < 1.29 is 41.1 Å². The molecule has 7 atom stereocenters. The summed E-state index contributed by atoms with van der Waals surface area (Å²) in [5, 5.41) is 19.9. The average Bonchev–Trinajstić information content (AvgIpc) is 3.68. The zero-order chi connectivity index (χ0) is 42.8. The molecular weight excluding hydrogens is 799 g/mol. The molecular formula is C36H59N5O13SSi2. The van der Waals surface area contributed by atoms with E-state index in [0.717, 1.165) is 14.5 Å². The number of hydrogen-bond acceptors (Lipinski definition) is 14. The molecule has 2 fully saturated rings. The molecule has 0 amide bonds. The van der Waals surface area contributed by atoms with Crippen molar-refractivity contribution >= 4 is 26.8 Å². The SMILES string of the molecule is Cc1cn([C@@H]2O[C@H](CO[Si](C)(C)C(C)(C)C)C3(OS(=O)(=O)C=C3N)[C@H]2O[Si](C)(C)C(C)(C)C)c(=O)n(CCCc2cn([C@H]3C[C@H](O)[C@@H](CO)O3)c(=O)[nH]c2=O)c1=O. The van der Waals surface area contributed by atoms with Crippen molar-refractivity contribution in [1.82, 2.24) is 18.7 Å². The highest BCUT2D eigenvalue weighted by Crippen LogP contribution is 2.52. The van der Waals surface area contributed by atoms with Crippen LogP contribution < -0.4 is 28.2 Å². The van der Waals surface area contributed by atoms with E-state index in [4.69, 9.17) is 28.2 Å². The van der Waals surface area contributed by atoms with Gasteiger partial charge in [-0.1, -0.05) is 41.5 Å². The van der Waals surface area contributed by atoms with Gasteiger partial charge in [0.2, 0.25) is 0 Å². The summed E-state index contributed by atoms with van der Waals surface area (Å²) in [6.07, 6.45) is -3.81. The molecule has 3 aliphatic rings. The normalized spacial score (nSPS) is 28.1. The second-order valence-corrected chi connectivity index (χ2v) is 29.3. The third kappa shape index (κ3) is 8.55. The quantitative estimate of drug-likeness (QED) is 0.175. The van der Waals surface area contributed by atoms with Crippen LogP contribution in [0.2, 0.25) is 36.3 Å². The second kappa shape index (κ2) is 15.6. The fourth-order valence-corrected chi connectivity index (χ4v) is 10.3. The van der Waals surface area contributed by atoms with Gasteiger partial charge in [0.25, 0.3) is 21.2 Å². The standard InChI is InChI=1S/C36H59N5O13SSi2/c1-21-16-41(33(47)39(30(21)45)14-12-13-22-17-40(32(46)38-29(22)44)27-15-23(43)24(18-42)51-27)31-28(53-57(10,11)35(5,6)7)36(25(37)20-55(48,49)54-36)26(52-31)19-50-56(8,9)34(2,3)4/h16-17,20,23-24,26-28,31,42-43H,12-15,18-19,37H2,1-11H3,(H,38,44,46)/t23-,24+,26+,27+,28-,31+,36?/m0/s1. The molecule has 2 aromatic rings. The van der Waals surface area contributed by atoms with Gasteiger partial charge in [0.05, 0.1) is 30.4 Å². The molecule has 2 aromatic heterocycles. The third-order valence-electron chi connectivity index (χ3n) is 12.3. The fraction of sp³-hybridized carbons (Fsp3) is 0.722. The van der Waals surface area contributed by atoms with Crippen LogP contribution in [0.4, 0.5) is 0 Å². The molecule has 5 N–H and O–H groups in total. The van der Waals surface area contributed by atoms with Crippen LogP contribution in [0, 0.1) is 6.92 Å². The summed E-state index contributed by atoms with van der Waals surface area (Å²) in [5.74, 6) is 0. The van der Waals surface area contributed by atoms with Gasteiger partial charge in [-0.3, -0.25) is 28.3 Å². The third-order valence-corrected chi connectivity index (χ3v) is 22.3. The lowest BCUT2D eigenvalue weighted by molar-refractivity contribution is -0.0567. The molecule has 1 spiro atoms. The van der Waals surface area contributed by atoms with E-state index in [2.05, 4.69) is 25.8 Å². The van der Waals surface area contributed by atoms with Crippen molar-refractivity contribution in [1.29, 1.82) is 0 Å². The number of aliphatic hydroxyl groups is 2. The summed E-state index contributed by atoms with van der Waals surface area (Å²) < 4.78 is 61.4. The molecule has 5 rings (SSSR count). The summed E-state index contributed by atoms with van der Waals surface area (Å²) in [4.78, 5) is 55.8. The van der Waals surface area contributed by atoms with Gasteiger partial charge in [0.1, 0.15) is 24.5 Å². The van der Waals surface area contributed by atoms with Gasteiger partial charge in [-0.05, 0) is 56.0 Å². The number of rotatable bonds is 12. The number of nitrogens with zero attached hydrogens (tertiary/aromatic N) is 3. The first-order valence-electron chi connectivity index (χ1n) is 19.1. The van der Waals surface area contributed by atoms with Crippen molar-refractivity contribution in [2.45, 2.75) is 153 Å². The molecule has 21 heteroatoms. The minimum Gasteiger partial charge on any atom is -0.414 e. The monoisotopic (exact) mass is 857 g/mol. The van der Waals surface area contributed by atoms with E-state index in [0.29, 0.717) is 0 Å². The van der Waals surface area contributed by atoms with E-state index < -0.39 is 103 Å². The average molecular weight is 858 g/mol. The van der Waals surface area contributed by atoms with Gasteiger partial charge in [0.15, 0.2) is 28.5 Å². The van der Waals surface area contributed by atoms with Gasteiger partial charge < -0.3 is 34.3 Å². The van der Waals surface area contributed by atoms with Gasteiger partial charge in [-0.2, -0.15) is 8.42 Å². The summed E-state index contributed by atoms with van der Waals surface area (Å²) in [6.45, 7) is 21.0. The molecule has 0 saturated carbocycles. The van der Waals surface area contributed by atoms with Crippen LogP contribution in [-0.4, -0.2) is 97.2 Å². The Morgan fingerprint density at radius 2 is 1.63 bits per heavy atom. The maximum Gasteiger partial charge on any atom is 0.333 e. The van der Waals surface area contributed by atoms with E-state index in [1.54, 1.807) is 0 Å². The number of nitrogens with one attached hydrogen (secondary N) is 1. The Bertz CT molecular complexity index is 2240. The predicted molar refractivity (Wildman–Crippen MR) is 215 cm³/mol.